The van der Waals surface area contributed by atoms with Gasteiger partial charge in [-0.05, 0) is 25.1 Å². The zero-order valence-electron chi connectivity index (χ0n) is 14.3. The SMILES string of the molecule is C[C@H](Sc1n[nH]c(-c2ccccc2)n1)C(=O)Nc1ccc2[nH]c(=O)[nH]c2c1. The summed E-state index contributed by atoms with van der Waals surface area (Å²) in [5.41, 5.74) is 2.59. The summed E-state index contributed by atoms with van der Waals surface area (Å²) in [7, 11) is 0. The van der Waals surface area contributed by atoms with Crippen molar-refractivity contribution in [3.8, 4) is 11.4 Å². The van der Waals surface area contributed by atoms with Crippen molar-refractivity contribution in [1.82, 2.24) is 25.1 Å². The molecule has 8 nitrogen and oxygen atoms in total. The van der Waals surface area contributed by atoms with Crippen LogP contribution in [0.3, 0.4) is 0 Å². The molecule has 4 rings (SSSR count). The maximum Gasteiger partial charge on any atom is 0.323 e. The Labute approximate surface area is 157 Å². The van der Waals surface area contributed by atoms with E-state index in [-0.39, 0.29) is 11.6 Å². The van der Waals surface area contributed by atoms with Crippen molar-refractivity contribution in [2.24, 2.45) is 0 Å². The van der Waals surface area contributed by atoms with Crippen molar-refractivity contribution in [2.45, 2.75) is 17.3 Å². The monoisotopic (exact) mass is 380 g/mol. The highest BCUT2D eigenvalue weighted by atomic mass is 32.2. The first-order valence-corrected chi connectivity index (χ1v) is 9.14. The van der Waals surface area contributed by atoms with Gasteiger partial charge in [0.05, 0.1) is 16.3 Å². The van der Waals surface area contributed by atoms with E-state index in [2.05, 4.69) is 30.5 Å². The highest BCUT2D eigenvalue weighted by Crippen LogP contribution is 2.24. The van der Waals surface area contributed by atoms with E-state index in [9.17, 15) is 9.59 Å². The summed E-state index contributed by atoms with van der Waals surface area (Å²) in [5.74, 6) is 0.482. The Hall–Kier alpha value is -3.33. The van der Waals surface area contributed by atoms with E-state index in [1.54, 1.807) is 25.1 Å². The number of rotatable bonds is 5. The van der Waals surface area contributed by atoms with Crippen LogP contribution in [-0.4, -0.2) is 36.3 Å². The Morgan fingerprint density at radius 1 is 1.11 bits per heavy atom. The van der Waals surface area contributed by atoms with E-state index in [0.29, 0.717) is 27.7 Å². The van der Waals surface area contributed by atoms with Crippen LogP contribution in [0.15, 0.2) is 58.5 Å². The Balaban J connectivity index is 1.43. The van der Waals surface area contributed by atoms with Gasteiger partial charge >= 0.3 is 5.69 Å². The van der Waals surface area contributed by atoms with Crippen LogP contribution in [0.1, 0.15) is 6.92 Å². The molecule has 0 fully saturated rings. The van der Waals surface area contributed by atoms with Crippen molar-refractivity contribution >= 4 is 34.4 Å². The largest absolute Gasteiger partial charge is 0.325 e. The second kappa shape index (κ2) is 7.12. The van der Waals surface area contributed by atoms with E-state index in [1.165, 1.54) is 11.8 Å². The van der Waals surface area contributed by atoms with Crippen molar-refractivity contribution in [2.75, 3.05) is 5.32 Å². The van der Waals surface area contributed by atoms with Crippen LogP contribution in [-0.2, 0) is 4.79 Å². The molecule has 27 heavy (non-hydrogen) atoms. The number of benzene rings is 2. The van der Waals surface area contributed by atoms with Crippen LogP contribution in [0.4, 0.5) is 5.69 Å². The first-order valence-electron chi connectivity index (χ1n) is 8.26. The minimum absolute atomic E-state index is 0.178. The normalized spacial score (nSPS) is 12.2. The van der Waals surface area contributed by atoms with Gasteiger partial charge in [-0.25, -0.2) is 9.78 Å². The number of fused-ring (bicyclic) bond motifs is 1. The van der Waals surface area contributed by atoms with Gasteiger partial charge in [0.25, 0.3) is 0 Å². The number of carbonyl (C=O) groups excluding carboxylic acids is 1. The Bertz CT molecular complexity index is 1150. The van der Waals surface area contributed by atoms with Gasteiger partial charge in [-0.3, -0.25) is 9.89 Å². The smallest absolute Gasteiger partial charge is 0.323 e. The van der Waals surface area contributed by atoms with Gasteiger partial charge in [0.15, 0.2) is 5.82 Å². The van der Waals surface area contributed by atoms with Crippen molar-refractivity contribution in [3.05, 3.63) is 59.0 Å². The predicted octanol–water partition coefficient (Wildman–Crippen LogP) is 2.76. The lowest BCUT2D eigenvalue weighted by atomic mass is 10.2. The van der Waals surface area contributed by atoms with Gasteiger partial charge in [-0.1, -0.05) is 42.1 Å². The molecule has 0 unspecified atom stereocenters. The molecule has 1 atom stereocenters. The number of hydrogen-bond acceptors (Lipinski definition) is 5. The third-order valence-electron chi connectivity index (χ3n) is 3.95. The number of thioether (sulfide) groups is 1. The topological polar surface area (TPSA) is 119 Å². The zero-order valence-corrected chi connectivity index (χ0v) is 15.1. The highest BCUT2D eigenvalue weighted by molar-refractivity contribution is 8.00. The molecular formula is C18H16N6O2S. The van der Waals surface area contributed by atoms with Crippen LogP contribution >= 0.6 is 11.8 Å². The molecule has 9 heteroatoms. The number of nitrogens with one attached hydrogen (secondary N) is 4. The predicted molar refractivity (Wildman–Crippen MR) is 105 cm³/mol. The third kappa shape index (κ3) is 3.77. The summed E-state index contributed by atoms with van der Waals surface area (Å²) in [5, 5.41) is 10.0. The molecule has 4 aromatic rings. The van der Waals surface area contributed by atoms with Crippen LogP contribution < -0.4 is 11.0 Å². The third-order valence-corrected chi connectivity index (χ3v) is 4.91. The molecule has 2 aromatic heterocycles. The van der Waals surface area contributed by atoms with E-state index < -0.39 is 5.25 Å². The molecular weight excluding hydrogens is 364 g/mol. The molecule has 0 radical (unpaired) electrons. The van der Waals surface area contributed by atoms with E-state index in [4.69, 9.17) is 0 Å². The van der Waals surface area contributed by atoms with E-state index in [1.807, 2.05) is 30.3 Å². The highest BCUT2D eigenvalue weighted by Gasteiger charge is 2.18. The fourth-order valence-electron chi connectivity index (χ4n) is 2.59. The molecule has 0 saturated carbocycles. The lowest BCUT2D eigenvalue weighted by Gasteiger charge is -2.10. The van der Waals surface area contributed by atoms with Crippen molar-refractivity contribution < 1.29 is 4.79 Å². The number of carbonyl (C=O) groups is 1. The molecule has 0 saturated heterocycles. The van der Waals surface area contributed by atoms with Gasteiger partial charge in [0, 0.05) is 11.3 Å². The maximum absolute atomic E-state index is 12.5. The van der Waals surface area contributed by atoms with Crippen LogP contribution in [0.2, 0.25) is 0 Å². The molecule has 0 spiro atoms. The maximum atomic E-state index is 12.5. The molecule has 0 aliphatic heterocycles. The van der Waals surface area contributed by atoms with Gasteiger partial charge in [0.2, 0.25) is 11.1 Å². The van der Waals surface area contributed by atoms with Gasteiger partial charge in [0.1, 0.15) is 0 Å². The lowest BCUT2D eigenvalue weighted by Crippen LogP contribution is -2.22. The Kier molecular flexibility index (Phi) is 4.51. The molecule has 0 aliphatic rings. The van der Waals surface area contributed by atoms with Gasteiger partial charge < -0.3 is 15.3 Å². The average Bonchev–Trinajstić information content (AvgIpc) is 3.27. The average molecular weight is 380 g/mol. The number of hydrogen-bond donors (Lipinski definition) is 4. The number of imidazole rings is 1. The van der Waals surface area contributed by atoms with Crippen LogP contribution in [0.5, 0.6) is 0 Å². The first kappa shape index (κ1) is 17.1. The summed E-state index contributed by atoms with van der Waals surface area (Å²) >= 11 is 1.26. The first-order chi connectivity index (χ1) is 13.1. The summed E-state index contributed by atoms with van der Waals surface area (Å²) in [4.78, 5) is 33.5. The standard InChI is InChI=1S/C18H16N6O2S/c1-10(27-18-22-15(23-24-18)11-5-3-2-4-6-11)16(25)19-12-7-8-13-14(9-12)21-17(26)20-13/h2-10H,1H3,(H,19,25)(H2,20,21,26)(H,22,23,24)/t10-/m0/s1. The second-order valence-corrected chi connectivity index (χ2v) is 7.23. The quantitative estimate of drug-likeness (QED) is 0.397. The summed E-state index contributed by atoms with van der Waals surface area (Å²) in [6.45, 7) is 1.79. The van der Waals surface area contributed by atoms with Crippen LogP contribution in [0.25, 0.3) is 22.4 Å². The minimum Gasteiger partial charge on any atom is -0.325 e. The molecule has 2 aromatic carbocycles. The summed E-state index contributed by atoms with van der Waals surface area (Å²) in [6, 6.07) is 14.8. The van der Waals surface area contributed by atoms with Crippen molar-refractivity contribution in [3.63, 3.8) is 0 Å². The van der Waals surface area contributed by atoms with Gasteiger partial charge in [-0.2, -0.15) is 0 Å². The number of H-pyrrole nitrogens is 3. The number of aromatic nitrogens is 5. The molecule has 4 N–H and O–H groups in total. The Morgan fingerprint density at radius 2 is 1.89 bits per heavy atom. The fraction of sp³-hybridized carbons (Fsp3) is 0.111. The van der Waals surface area contributed by atoms with E-state index in [0.717, 1.165) is 5.56 Å². The molecule has 0 bridgehead atoms. The second-order valence-electron chi connectivity index (χ2n) is 5.92. The number of nitrogens with zero attached hydrogens (tertiary/aromatic N) is 2. The van der Waals surface area contributed by atoms with Gasteiger partial charge in [-0.15, -0.1) is 5.10 Å². The van der Waals surface area contributed by atoms with Crippen LogP contribution in [0, 0.1) is 0 Å². The fourth-order valence-corrected chi connectivity index (χ4v) is 3.31. The van der Waals surface area contributed by atoms with E-state index >= 15 is 0 Å². The number of aromatic amines is 3. The zero-order chi connectivity index (χ0) is 18.8. The number of amides is 1. The Morgan fingerprint density at radius 3 is 2.70 bits per heavy atom. The lowest BCUT2D eigenvalue weighted by molar-refractivity contribution is -0.115. The number of anilines is 1. The molecule has 136 valence electrons. The summed E-state index contributed by atoms with van der Waals surface area (Å²) < 4.78 is 0. The molecule has 2 heterocycles. The minimum atomic E-state index is -0.398. The molecule has 0 aliphatic carbocycles. The molecule has 1 amide bonds. The summed E-state index contributed by atoms with van der Waals surface area (Å²) in [6.07, 6.45) is 0. The van der Waals surface area contributed by atoms with Crippen molar-refractivity contribution in [1.29, 1.82) is 0 Å².